The number of aryl methyl sites for hydroxylation is 1. The Bertz CT molecular complexity index is 919. The highest BCUT2D eigenvalue weighted by Crippen LogP contribution is 2.26. The molecule has 2 N–H and O–H groups in total. The van der Waals surface area contributed by atoms with Crippen molar-refractivity contribution < 1.29 is 4.79 Å². The average Bonchev–Trinajstić information content (AvgIpc) is 3.22. The van der Waals surface area contributed by atoms with Crippen molar-refractivity contribution in [2.75, 3.05) is 0 Å². The van der Waals surface area contributed by atoms with Gasteiger partial charge in [-0.25, -0.2) is 4.98 Å². The highest BCUT2D eigenvalue weighted by atomic mass is 16.1. The molecule has 0 saturated carbocycles. The Hall–Kier alpha value is -2.95. The normalized spacial score (nSPS) is 17.1. The van der Waals surface area contributed by atoms with Crippen LogP contribution in [0.1, 0.15) is 42.9 Å². The molecular weight excluding hydrogens is 336 g/mol. The van der Waals surface area contributed by atoms with E-state index in [9.17, 15) is 4.79 Å². The largest absolute Gasteiger partial charge is 0.346 e. The van der Waals surface area contributed by atoms with Crippen LogP contribution in [0, 0.1) is 5.92 Å². The second-order valence-corrected chi connectivity index (χ2v) is 7.07. The predicted octanol–water partition coefficient (Wildman–Crippen LogP) is 3.84. The number of nitrogens with zero attached hydrogens (tertiary/aromatic N) is 2. The molecule has 1 amide bonds. The van der Waals surface area contributed by atoms with Gasteiger partial charge in [0.2, 0.25) is 5.91 Å². The van der Waals surface area contributed by atoms with E-state index in [0.717, 1.165) is 48.5 Å². The molecule has 27 heavy (non-hydrogen) atoms. The average molecular weight is 360 g/mol. The Labute approximate surface area is 159 Å². The fraction of sp³-hybridized carbons (Fsp3) is 0.318. The van der Waals surface area contributed by atoms with Crippen LogP contribution in [0.4, 0.5) is 0 Å². The number of carbonyl (C=O) groups excluding carboxylic acids is 1. The molecule has 1 aromatic carbocycles. The van der Waals surface area contributed by atoms with Crippen LogP contribution in [0.2, 0.25) is 0 Å². The lowest BCUT2D eigenvalue weighted by Gasteiger charge is -2.25. The summed E-state index contributed by atoms with van der Waals surface area (Å²) in [6.07, 6.45) is 6.93. The maximum atomic E-state index is 12.9. The van der Waals surface area contributed by atoms with Gasteiger partial charge in [-0.1, -0.05) is 43.3 Å². The van der Waals surface area contributed by atoms with E-state index >= 15 is 0 Å². The standard InChI is InChI=1S/C22H24N4O/c1-2-18(21-24-14-20(25-21)15-7-4-3-5-8-15)26-22(27)17-10-11-19-16(13-17)9-6-12-23-19/h3-9,12,14,17-18H,2,10-11,13H2,1H3,(H,24,25)(H,26,27). The van der Waals surface area contributed by atoms with Gasteiger partial charge in [0.25, 0.3) is 0 Å². The number of carbonyl (C=O) groups is 1. The third kappa shape index (κ3) is 3.77. The summed E-state index contributed by atoms with van der Waals surface area (Å²) in [5.41, 5.74) is 4.39. The molecular formula is C22H24N4O. The van der Waals surface area contributed by atoms with Gasteiger partial charge in [-0.3, -0.25) is 9.78 Å². The molecule has 0 bridgehead atoms. The fourth-order valence-corrected chi connectivity index (χ4v) is 3.72. The molecule has 2 aromatic heterocycles. The van der Waals surface area contributed by atoms with Gasteiger partial charge in [0.1, 0.15) is 5.82 Å². The van der Waals surface area contributed by atoms with E-state index in [2.05, 4.69) is 33.3 Å². The summed E-state index contributed by atoms with van der Waals surface area (Å²) < 4.78 is 0. The minimum absolute atomic E-state index is 0.000643. The molecule has 1 aliphatic rings. The predicted molar refractivity (Wildman–Crippen MR) is 105 cm³/mol. The molecule has 0 fully saturated rings. The summed E-state index contributed by atoms with van der Waals surface area (Å²) in [7, 11) is 0. The van der Waals surface area contributed by atoms with Crippen molar-refractivity contribution in [3.63, 3.8) is 0 Å². The van der Waals surface area contributed by atoms with Crippen LogP contribution in [0.5, 0.6) is 0 Å². The molecule has 2 heterocycles. The summed E-state index contributed by atoms with van der Waals surface area (Å²) in [6.45, 7) is 2.07. The number of benzene rings is 1. The number of aromatic amines is 1. The Morgan fingerprint density at radius 1 is 1.22 bits per heavy atom. The number of hydrogen-bond acceptors (Lipinski definition) is 3. The first-order valence-electron chi connectivity index (χ1n) is 9.58. The summed E-state index contributed by atoms with van der Waals surface area (Å²) >= 11 is 0. The molecule has 0 radical (unpaired) electrons. The number of pyridine rings is 1. The molecule has 5 heteroatoms. The number of fused-ring (bicyclic) bond motifs is 1. The van der Waals surface area contributed by atoms with Crippen LogP contribution in [-0.4, -0.2) is 20.9 Å². The van der Waals surface area contributed by atoms with E-state index in [4.69, 9.17) is 0 Å². The summed E-state index contributed by atoms with van der Waals surface area (Å²) in [4.78, 5) is 25.2. The summed E-state index contributed by atoms with van der Waals surface area (Å²) in [6, 6.07) is 14.0. The van der Waals surface area contributed by atoms with Gasteiger partial charge in [0, 0.05) is 17.8 Å². The molecule has 138 valence electrons. The number of amides is 1. The first-order chi connectivity index (χ1) is 13.2. The highest BCUT2D eigenvalue weighted by Gasteiger charge is 2.27. The van der Waals surface area contributed by atoms with Crippen molar-refractivity contribution >= 4 is 5.91 Å². The van der Waals surface area contributed by atoms with Gasteiger partial charge in [-0.05, 0) is 42.9 Å². The number of rotatable bonds is 5. The maximum Gasteiger partial charge on any atom is 0.224 e. The van der Waals surface area contributed by atoms with Crippen molar-refractivity contribution in [2.24, 2.45) is 5.92 Å². The molecule has 4 rings (SSSR count). The summed E-state index contributed by atoms with van der Waals surface area (Å²) in [5, 5.41) is 3.20. The SMILES string of the molecule is CCC(NC(=O)C1CCc2ncccc2C1)c1ncc(-c2ccccc2)[nH]1. The first-order valence-corrected chi connectivity index (χ1v) is 9.58. The number of imidazole rings is 1. The van der Waals surface area contributed by atoms with Gasteiger partial charge in [0.05, 0.1) is 17.9 Å². The molecule has 1 aliphatic carbocycles. The minimum atomic E-state index is -0.106. The summed E-state index contributed by atoms with van der Waals surface area (Å²) in [5.74, 6) is 0.913. The zero-order valence-electron chi connectivity index (χ0n) is 15.5. The Kier molecular flexibility index (Phi) is 5.01. The molecule has 5 nitrogen and oxygen atoms in total. The van der Waals surface area contributed by atoms with Gasteiger partial charge < -0.3 is 10.3 Å². The second-order valence-electron chi connectivity index (χ2n) is 7.07. The van der Waals surface area contributed by atoms with E-state index in [0.29, 0.717) is 0 Å². The molecule has 0 spiro atoms. The third-order valence-corrected chi connectivity index (χ3v) is 5.29. The van der Waals surface area contributed by atoms with Crippen molar-refractivity contribution in [1.82, 2.24) is 20.3 Å². The minimum Gasteiger partial charge on any atom is -0.346 e. The molecule has 0 saturated heterocycles. The van der Waals surface area contributed by atoms with Gasteiger partial charge in [-0.2, -0.15) is 0 Å². The van der Waals surface area contributed by atoms with Crippen LogP contribution in [-0.2, 0) is 17.6 Å². The van der Waals surface area contributed by atoms with E-state index in [1.807, 2.05) is 48.8 Å². The first kappa shape index (κ1) is 17.5. The second kappa shape index (κ2) is 7.74. The maximum absolute atomic E-state index is 12.9. The van der Waals surface area contributed by atoms with E-state index in [-0.39, 0.29) is 17.9 Å². The van der Waals surface area contributed by atoms with Gasteiger partial charge in [0.15, 0.2) is 0 Å². The van der Waals surface area contributed by atoms with Crippen molar-refractivity contribution in [3.8, 4) is 11.3 Å². The van der Waals surface area contributed by atoms with Crippen LogP contribution in [0.3, 0.4) is 0 Å². The van der Waals surface area contributed by atoms with E-state index < -0.39 is 0 Å². The molecule has 0 aliphatic heterocycles. The lowest BCUT2D eigenvalue weighted by molar-refractivity contribution is -0.126. The number of nitrogens with one attached hydrogen (secondary N) is 2. The van der Waals surface area contributed by atoms with E-state index in [1.54, 1.807) is 0 Å². The van der Waals surface area contributed by atoms with Crippen molar-refractivity contribution in [3.05, 3.63) is 71.9 Å². The fourth-order valence-electron chi connectivity index (χ4n) is 3.72. The zero-order valence-corrected chi connectivity index (χ0v) is 15.5. The van der Waals surface area contributed by atoms with Crippen molar-refractivity contribution in [2.45, 2.75) is 38.6 Å². The molecule has 3 aromatic rings. The topological polar surface area (TPSA) is 70.7 Å². The monoisotopic (exact) mass is 360 g/mol. The van der Waals surface area contributed by atoms with Gasteiger partial charge in [-0.15, -0.1) is 0 Å². The Morgan fingerprint density at radius 3 is 2.89 bits per heavy atom. The quantitative estimate of drug-likeness (QED) is 0.726. The number of H-pyrrole nitrogens is 1. The Balaban J connectivity index is 1.45. The molecule has 2 atom stereocenters. The lowest BCUT2D eigenvalue weighted by Crippen LogP contribution is -2.37. The van der Waals surface area contributed by atoms with Crippen molar-refractivity contribution in [1.29, 1.82) is 0 Å². The van der Waals surface area contributed by atoms with E-state index in [1.165, 1.54) is 5.56 Å². The van der Waals surface area contributed by atoms with Crippen LogP contribution in [0.25, 0.3) is 11.3 Å². The van der Waals surface area contributed by atoms with Crippen LogP contribution < -0.4 is 5.32 Å². The number of hydrogen-bond donors (Lipinski definition) is 2. The molecule has 2 unspecified atom stereocenters. The third-order valence-electron chi connectivity index (χ3n) is 5.29. The van der Waals surface area contributed by atoms with Gasteiger partial charge >= 0.3 is 0 Å². The lowest BCUT2D eigenvalue weighted by atomic mass is 9.86. The Morgan fingerprint density at radius 2 is 2.07 bits per heavy atom. The zero-order chi connectivity index (χ0) is 18.6. The smallest absolute Gasteiger partial charge is 0.224 e. The number of aromatic nitrogens is 3. The van der Waals surface area contributed by atoms with Crippen LogP contribution in [0.15, 0.2) is 54.9 Å². The highest BCUT2D eigenvalue weighted by molar-refractivity contribution is 5.79. The van der Waals surface area contributed by atoms with Crippen LogP contribution >= 0.6 is 0 Å².